The van der Waals surface area contributed by atoms with E-state index in [-0.39, 0.29) is 5.56 Å². The molecule has 7 N–H and O–H groups in total. The molecule has 1 aliphatic rings. The molecule has 0 radical (unpaired) electrons. The molecule has 0 fully saturated rings. The molecule has 16 heteroatoms. The predicted octanol–water partition coefficient (Wildman–Crippen LogP) is -0.0233. The van der Waals surface area contributed by atoms with Gasteiger partial charge in [-0.3, -0.25) is 14.1 Å². The second-order valence-corrected chi connectivity index (χ2v) is 8.90. The molecule has 0 heterocycles. The van der Waals surface area contributed by atoms with E-state index in [1.165, 1.54) is 0 Å². The Morgan fingerprint density at radius 3 is 1.53 bits per heavy atom. The molecular weight excluding hydrogens is 470 g/mol. The molecule has 1 aliphatic carbocycles. The normalized spacial score (nSPS) is 14.0. The second-order valence-electron chi connectivity index (χ2n) is 5.46. The van der Waals surface area contributed by atoms with Crippen molar-refractivity contribution < 1.29 is 61.1 Å². The minimum Gasteiger partial charge on any atom is -0.303 e. The number of hydrogen-bond acceptors (Lipinski definition) is 6. The average Bonchev–Trinajstić information content (AvgIpc) is 2.52. The fourth-order valence-electron chi connectivity index (χ4n) is 2.21. The number of phosphoric acid groups is 2. The highest BCUT2D eigenvalue weighted by Crippen LogP contribution is 2.29. The van der Waals surface area contributed by atoms with Crippen molar-refractivity contribution >= 4 is 54.2 Å². The van der Waals surface area contributed by atoms with E-state index in [0.717, 1.165) is 16.8 Å². The van der Waals surface area contributed by atoms with Crippen molar-refractivity contribution in [3.8, 4) is 0 Å². The topological polar surface area (TPSA) is 244 Å². The van der Waals surface area contributed by atoms with E-state index >= 15 is 0 Å². The Kier molecular flexibility index (Phi) is 8.10. The molecule has 0 aliphatic heterocycles. The lowest BCUT2D eigenvalue weighted by Gasteiger charge is -2.13. The Labute approximate surface area is 168 Å². The van der Waals surface area contributed by atoms with Crippen LogP contribution >= 0.6 is 15.6 Å². The summed E-state index contributed by atoms with van der Waals surface area (Å²) in [4.78, 5) is 65.9. The first-order valence-corrected chi connectivity index (χ1v) is 11.8. The summed E-state index contributed by atoms with van der Waals surface area (Å²) in [6.45, 7) is 0. The zero-order chi connectivity index (χ0) is 23.5. The summed E-state index contributed by atoms with van der Waals surface area (Å²) in [6.07, 6.45) is 1.03. The zero-order valence-electron chi connectivity index (χ0n) is 14.4. The number of Topliss-reactive ketones (excluding diaryl/α,β-unsaturated/α-hetero) is 2. The number of benzene rings is 2. The van der Waals surface area contributed by atoms with Crippen LogP contribution in [-0.2, 0) is 24.0 Å². The van der Waals surface area contributed by atoms with Crippen LogP contribution in [0.3, 0.4) is 0 Å². The first-order valence-electron chi connectivity index (χ1n) is 7.25. The summed E-state index contributed by atoms with van der Waals surface area (Å²) >= 11 is 0. The van der Waals surface area contributed by atoms with Gasteiger partial charge in [0.1, 0.15) is 4.91 Å². The Morgan fingerprint density at radius 1 is 0.733 bits per heavy atom. The van der Waals surface area contributed by atoms with Crippen LogP contribution in [0.15, 0.2) is 41.3 Å². The van der Waals surface area contributed by atoms with E-state index in [4.69, 9.17) is 43.0 Å². The van der Waals surface area contributed by atoms with Crippen molar-refractivity contribution in [1.29, 1.82) is 0 Å². The van der Waals surface area contributed by atoms with Gasteiger partial charge in [-0.15, -0.1) is 0 Å². The lowest BCUT2D eigenvalue weighted by Crippen LogP contribution is -2.25. The summed E-state index contributed by atoms with van der Waals surface area (Å²) < 4.78 is 49.0. The molecular formula is C14H14O13P2S. The van der Waals surface area contributed by atoms with Crippen LogP contribution in [-0.4, -0.2) is 53.9 Å². The van der Waals surface area contributed by atoms with Crippen molar-refractivity contribution in [2.75, 3.05) is 0 Å². The third-order valence-electron chi connectivity index (χ3n) is 3.16. The second kappa shape index (κ2) is 9.37. The first kappa shape index (κ1) is 25.9. The molecule has 2 aromatic carbocycles. The highest BCUT2D eigenvalue weighted by Gasteiger charge is 2.34. The molecule has 0 atom stereocenters. The van der Waals surface area contributed by atoms with Gasteiger partial charge >= 0.3 is 15.6 Å². The number of fused-ring (bicyclic) bond motifs is 2. The zero-order valence-corrected chi connectivity index (χ0v) is 17.0. The third-order valence-corrected chi connectivity index (χ3v) is 4.02. The van der Waals surface area contributed by atoms with E-state index in [1.54, 1.807) is 36.4 Å². The number of rotatable bonds is 1. The quantitative estimate of drug-likeness (QED) is 0.160. The highest BCUT2D eigenvalue weighted by atomic mass is 32.2. The van der Waals surface area contributed by atoms with Crippen molar-refractivity contribution in [3.63, 3.8) is 0 Å². The summed E-state index contributed by atoms with van der Waals surface area (Å²) in [7, 11) is -14.0. The number of allylic oxidation sites excluding steroid dienone is 1. The smallest absolute Gasteiger partial charge is 0.303 e. The van der Waals surface area contributed by atoms with Crippen LogP contribution in [0.1, 0.15) is 15.9 Å². The van der Waals surface area contributed by atoms with Gasteiger partial charge in [0.05, 0.1) is 0 Å². The summed E-state index contributed by atoms with van der Waals surface area (Å²) in [5, 5.41) is 1.58. The maximum atomic E-state index is 12.0. The summed E-state index contributed by atoms with van der Waals surface area (Å²) in [5.41, 5.74) is 0.446. The Morgan fingerprint density at radius 2 is 1.13 bits per heavy atom. The summed E-state index contributed by atoms with van der Waals surface area (Å²) in [6, 6.07) is 10.3. The van der Waals surface area contributed by atoms with Gasteiger partial charge in [0.2, 0.25) is 11.6 Å². The molecule has 164 valence electrons. The van der Waals surface area contributed by atoms with Crippen LogP contribution in [0.4, 0.5) is 0 Å². The summed E-state index contributed by atoms with van der Waals surface area (Å²) in [5.74, 6) is -2.14. The molecule has 30 heavy (non-hydrogen) atoms. The molecule has 3 rings (SSSR count). The van der Waals surface area contributed by atoms with Crippen LogP contribution in [0, 0.1) is 0 Å². The van der Waals surface area contributed by atoms with Gasteiger partial charge in [0, 0.05) is 5.56 Å². The van der Waals surface area contributed by atoms with Gasteiger partial charge in [-0.25, -0.2) is 9.13 Å². The number of ketones is 2. The molecule has 0 unspecified atom stereocenters. The number of hydrogen-bond donors (Lipinski definition) is 7. The largest absolute Gasteiger partial charge is 0.466 e. The van der Waals surface area contributed by atoms with Crippen LogP contribution in [0.2, 0.25) is 0 Å². The molecule has 2 aromatic rings. The van der Waals surface area contributed by atoms with E-state index in [2.05, 4.69) is 0 Å². The minimum absolute atomic E-state index is 0.140. The Balaban J connectivity index is 0.000000378. The van der Waals surface area contributed by atoms with Crippen molar-refractivity contribution in [1.82, 2.24) is 0 Å². The van der Waals surface area contributed by atoms with E-state index < -0.39 is 42.2 Å². The van der Waals surface area contributed by atoms with Gasteiger partial charge < -0.3 is 29.4 Å². The molecule has 13 nitrogen and oxygen atoms in total. The van der Waals surface area contributed by atoms with Crippen LogP contribution in [0.5, 0.6) is 0 Å². The molecule has 0 amide bonds. The van der Waals surface area contributed by atoms with Gasteiger partial charge in [-0.05, 0) is 34.5 Å². The fourth-order valence-corrected chi connectivity index (χ4v) is 2.81. The van der Waals surface area contributed by atoms with Gasteiger partial charge in [0.25, 0.3) is 10.1 Å². The lowest BCUT2D eigenvalue weighted by atomic mass is 9.92. The van der Waals surface area contributed by atoms with Gasteiger partial charge in [0.15, 0.2) is 0 Å². The molecule has 0 saturated heterocycles. The van der Waals surface area contributed by atoms with Gasteiger partial charge in [-0.1, -0.05) is 24.3 Å². The Bertz CT molecular complexity index is 1180. The van der Waals surface area contributed by atoms with Crippen LogP contribution < -0.4 is 0 Å². The SMILES string of the molecule is O=C1C(=O)c2cc3ccccc3cc2C=C1S(=O)(=O)O.O=P(O)(O)O.O=P(O)(O)O. The fraction of sp³-hybridized carbons (Fsp3) is 0. The monoisotopic (exact) mass is 484 g/mol. The third kappa shape index (κ3) is 8.73. The van der Waals surface area contributed by atoms with Crippen LogP contribution in [0.25, 0.3) is 16.8 Å². The number of carbonyl (C=O) groups is 2. The van der Waals surface area contributed by atoms with Crippen molar-refractivity contribution in [2.45, 2.75) is 0 Å². The maximum Gasteiger partial charge on any atom is 0.466 e. The predicted molar refractivity (Wildman–Crippen MR) is 101 cm³/mol. The van der Waals surface area contributed by atoms with Crippen molar-refractivity contribution in [2.24, 2.45) is 0 Å². The standard InChI is InChI=1S/C14H8O5S.2H3O4P/c15-13-11-6-9-4-2-1-3-8(9)5-10(11)7-12(14(13)16)20(17,18)19;2*1-5(2,3)4/h1-7H,(H,17,18,19);2*(H3,1,2,3,4). The van der Waals surface area contributed by atoms with Crippen molar-refractivity contribution in [3.05, 3.63) is 52.4 Å². The van der Waals surface area contributed by atoms with E-state index in [9.17, 15) is 18.0 Å². The first-order chi connectivity index (χ1) is 13.4. The molecule has 0 bridgehead atoms. The minimum atomic E-state index is -4.71. The van der Waals surface area contributed by atoms with Gasteiger partial charge in [-0.2, -0.15) is 8.42 Å². The highest BCUT2D eigenvalue weighted by molar-refractivity contribution is 7.91. The molecule has 0 aromatic heterocycles. The maximum absolute atomic E-state index is 12.0. The molecule has 0 saturated carbocycles. The van der Waals surface area contributed by atoms with E-state index in [0.29, 0.717) is 5.56 Å². The lowest BCUT2D eigenvalue weighted by molar-refractivity contribution is -0.111. The average molecular weight is 484 g/mol. The number of carbonyl (C=O) groups excluding carboxylic acids is 2. The molecule has 0 spiro atoms. The van der Waals surface area contributed by atoms with E-state index in [1.807, 2.05) is 0 Å². The Hall–Kier alpha value is -2.09.